The molecule has 1 aromatic carbocycles. The number of nitrogens with two attached hydrogens (primary N) is 1. The maximum Gasteiger partial charge on any atom is 0.251 e. The van der Waals surface area contributed by atoms with Crippen molar-refractivity contribution >= 4 is 34.9 Å². The van der Waals surface area contributed by atoms with Crippen molar-refractivity contribution in [3.05, 3.63) is 30.0 Å². The van der Waals surface area contributed by atoms with Crippen molar-refractivity contribution in [3.63, 3.8) is 0 Å². The Hall–Kier alpha value is -3.54. The van der Waals surface area contributed by atoms with Gasteiger partial charge in [0.25, 0.3) is 11.8 Å². The first-order valence-electron chi connectivity index (χ1n) is 14.4. The van der Waals surface area contributed by atoms with Crippen LogP contribution in [0.25, 0.3) is 0 Å². The molecular formula is C29H36F2N8O2. The average Bonchev–Trinajstić information content (AvgIpc) is 3.81. The Balaban J connectivity index is 1.40. The van der Waals surface area contributed by atoms with Crippen LogP contribution in [-0.4, -0.2) is 58.5 Å². The molecule has 3 aliphatic heterocycles. The van der Waals surface area contributed by atoms with Crippen LogP contribution in [0.4, 0.5) is 31.9 Å². The Morgan fingerprint density at radius 3 is 2.80 bits per heavy atom. The van der Waals surface area contributed by atoms with Gasteiger partial charge in [-0.1, -0.05) is 6.92 Å². The molecule has 0 radical (unpaired) electrons. The molecule has 6 bridgehead atoms. The third-order valence-electron chi connectivity index (χ3n) is 10.2. The standard InChI is InChI=1S/C29H36F2N8O2/c1-5-27(3)25(33)38(14(2)32)20-12-34-26-36-18-7-6-15(8-21(18)41-4)24(40)35-19-9-16(19)17-10-28(13-29(17,30)31)11-22(28)39(27)23(20)37-26/h6-8,12,14,16-17,19,22,33H,5,9-11,13,32H2,1-4H3,(H,35,40)(H,34,36,37)/t14?,16?,17?,19?,22?,27-,28+/m1/s1. The van der Waals surface area contributed by atoms with Crippen molar-refractivity contribution in [2.24, 2.45) is 23.0 Å². The number of benzene rings is 1. The molecule has 1 aromatic heterocycles. The Kier molecular flexibility index (Phi) is 5.46. The van der Waals surface area contributed by atoms with E-state index < -0.39 is 29.0 Å². The quantitative estimate of drug-likeness (QED) is 0.434. The van der Waals surface area contributed by atoms with E-state index in [0.717, 1.165) is 0 Å². The summed E-state index contributed by atoms with van der Waals surface area (Å²) in [4.78, 5) is 26.4. The number of alkyl halides is 2. The van der Waals surface area contributed by atoms with Gasteiger partial charge in [-0.3, -0.25) is 10.2 Å². The first-order chi connectivity index (χ1) is 19.4. The van der Waals surface area contributed by atoms with Crippen LogP contribution >= 0.6 is 0 Å². The lowest BCUT2D eigenvalue weighted by Gasteiger charge is -2.52. The molecule has 8 rings (SSSR count). The van der Waals surface area contributed by atoms with Gasteiger partial charge in [-0.15, -0.1) is 0 Å². The number of nitrogens with one attached hydrogen (secondary N) is 3. The Morgan fingerprint density at radius 2 is 2.10 bits per heavy atom. The minimum atomic E-state index is -2.83. The molecule has 12 heteroatoms. The smallest absolute Gasteiger partial charge is 0.251 e. The number of amidine groups is 1. The summed E-state index contributed by atoms with van der Waals surface area (Å²) in [6.07, 6.45) is 3.03. The number of anilines is 4. The molecule has 218 valence electrons. The largest absolute Gasteiger partial charge is 0.495 e. The number of rotatable bonds is 3. The molecule has 5 N–H and O–H groups in total. The molecule has 41 heavy (non-hydrogen) atoms. The highest BCUT2D eigenvalue weighted by atomic mass is 19.3. The fourth-order valence-electron chi connectivity index (χ4n) is 7.71. The molecule has 3 saturated carbocycles. The van der Waals surface area contributed by atoms with Crippen molar-refractivity contribution in [1.29, 1.82) is 5.41 Å². The molecule has 7 atom stereocenters. The third-order valence-corrected chi connectivity index (χ3v) is 10.2. The lowest BCUT2D eigenvalue weighted by atomic mass is 9.88. The molecule has 1 amide bonds. The van der Waals surface area contributed by atoms with Crippen molar-refractivity contribution in [2.45, 2.75) is 82.6 Å². The van der Waals surface area contributed by atoms with E-state index in [1.54, 1.807) is 29.3 Å². The van der Waals surface area contributed by atoms with E-state index in [-0.39, 0.29) is 36.3 Å². The van der Waals surface area contributed by atoms with Crippen LogP contribution in [0.15, 0.2) is 24.4 Å². The SMILES string of the molecule is CC[C@]1(C)C(=N)N(C(C)N)c2cnc3nc2N1C1C[C@]12CC(C1CC1NC(=O)c1ccc(c(OC)c1)N3)C(F)(F)C2. The van der Waals surface area contributed by atoms with Gasteiger partial charge in [0.15, 0.2) is 5.82 Å². The highest BCUT2D eigenvalue weighted by molar-refractivity contribution is 6.09. The first-order valence-corrected chi connectivity index (χ1v) is 14.4. The lowest BCUT2D eigenvalue weighted by Crippen LogP contribution is -2.65. The molecule has 3 fully saturated rings. The normalized spacial score (nSPS) is 35.1. The van der Waals surface area contributed by atoms with Crippen LogP contribution in [0.2, 0.25) is 0 Å². The second-order valence-corrected chi connectivity index (χ2v) is 12.7. The molecule has 0 saturated heterocycles. The number of nitrogens with zero attached hydrogens (tertiary/aromatic N) is 4. The van der Waals surface area contributed by atoms with E-state index in [0.29, 0.717) is 60.0 Å². The molecular weight excluding hydrogens is 530 g/mol. The molecule has 5 unspecified atom stereocenters. The number of carbonyl (C=O) groups excluding carboxylic acids is 1. The summed E-state index contributed by atoms with van der Waals surface area (Å²) in [7, 11) is 1.52. The van der Waals surface area contributed by atoms with Crippen molar-refractivity contribution < 1.29 is 18.3 Å². The third kappa shape index (κ3) is 3.75. The van der Waals surface area contributed by atoms with E-state index >= 15 is 8.78 Å². The monoisotopic (exact) mass is 566 g/mol. The summed E-state index contributed by atoms with van der Waals surface area (Å²) in [6, 6.07) is 4.53. The highest BCUT2D eigenvalue weighted by Gasteiger charge is 2.73. The summed E-state index contributed by atoms with van der Waals surface area (Å²) in [5, 5.41) is 15.5. The van der Waals surface area contributed by atoms with Crippen molar-refractivity contribution in [1.82, 2.24) is 15.3 Å². The fourth-order valence-corrected chi connectivity index (χ4v) is 7.71. The summed E-state index contributed by atoms with van der Waals surface area (Å²) in [6.45, 7) is 5.80. The zero-order chi connectivity index (χ0) is 29.1. The second-order valence-electron chi connectivity index (χ2n) is 12.7. The number of fused-ring (bicyclic) bond motifs is 3. The van der Waals surface area contributed by atoms with Gasteiger partial charge in [-0.2, -0.15) is 4.98 Å². The van der Waals surface area contributed by atoms with E-state index in [2.05, 4.69) is 20.5 Å². The summed E-state index contributed by atoms with van der Waals surface area (Å²) < 4.78 is 37.1. The van der Waals surface area contributed by atoms with Crippen LogP contribution in [0.5, 0.6) is 5.75 Å². The average molecular weight is 567 g/mol. The summed E-state index contributed by atoms with van der Waals surface area (Å²) in [5.74, 6) is -2.60. The van der Waals surface area contributed by atoms with Crippen LogP contribution in [0, 0.1) is 22.7 Å². The van der Waals surface area contributed by atoms with Gasteiger partial charge in [-0.25, -0.2) is 13.8 Å². The number of amides is 1. The molecule has 1 spiro atoms. The Labute approximate surface area is 237 Å². The van der Waals surface area contributed by atoms with Gasteiger partial charge < -0.3 is 30.9 Å². The van der Waals surface area contributed by atoms with Crippen LogP contribution in [-0.2, 0) is 0 Å². The maximum absolute atomic E-state index is 15.7. The van der Waals surface area contributed by atoms with E-state index in [1.165, 1.54) is 7.11 Å². The van der Waals surface area contributed by atoms with Gasteiger partial charge >= 0.3 is 0 Å². The van der Waals surface area contributed by atoms with E-state index in [9.17, 15) is 10.2 Å². The van der Waals surface area contributed by atoms with Gasteiger partial charge in [0, 0.05) is 30.0 Å². The van der Waals surface area contributed by atoms with Crippen molar-refractivity contribution in [2.75, 3.05) is 22.2 Å². The topological polar surface area (TPSA) is 132 Å². The summed E-state index contributed by atoms with van der Waals surface area (Å²) in [5.41, 5.74) is 6.54. The van der Waals surface area contributed by atoms with Gasteiger partial charge in [0.2, 0.25) is 5.95 Å². The summed E-state index contributed by atoms with van der Waals surface area (Å²) >= 11 is 0. The minimum absolute atomic E-state index is 0.198. The molecule has 6 aliphatic rings. The zero-order valence-corrected chi connectivity index (χ0v) is 23.7. The maximum atomic E-state index is 15.7. The van der Waals surface area contributed by atoms with Crippen LogP contribution in [0.3, 0.4) is 0 Å². The predicted molar refractivity (Wildman–Crippen MR) is 151 cm³/mol. The van der Waals surface area contributed by atoms with Crippen LogP contribution < -0.4 is 30.9 Å². The molecule has 2 aromatic rings. The van der Waals surface area contributed by atoms with E-state index in [1.807, 2.05) is 20.8 Å². The van der Waals surface area contributed by atoms with Gasteiger partial charge in [-0.05, 0) is 69.1 Å². The van der Waals surface area contributed by atoms with E-state index in [4.69, 9.17) is 15.5 Å². The molecule has 3 aliphatic carbocycles. The number of hydrogen-bond donors (Lipinski definition) is 4. The van der Waals surface area contributed by atoms with Gasteiger partial charge in [0.05, 0.1) is 30.7 Å². The lowest BCUT2D eigenvalue weighted by molar-refractivity contribution is -0.0477. The van der Waals surface area contributed by atoms with Crippen molar-refractivity contribution in [3.8, 4) is 5.75 Å². The predicted octanol–water partition coefficient (Wildman–Crippen LogP) is 4.24. The number of hydrogen-bond acceptors (Lipinski definition) is 8. The first kappa shape index (κ1) is 26.4. The Bertz CT molecular complexity index is 1470. The number of methoxy groups -OCH3 is 1. The van der Waals surface area contributed by atoms with Gasteiger partial charge in [0.1, 0.15) is 17.3 Å². The molecule has 10 nitrogen and oxygen atoms in total. The number of carbonyl (C=O) groups is 1. The number of aromatic nitrogens is 2. The minimum Gasteiger partial charge on any atom is -0.495 e. The highest BCUT2D eigenvalue weighted by Crippen LogP contribution is 2.70. The van der Waals surface area contributed by atoms with Crippen LogP contribution in [0.1, 0.15) is 63.2 Å². The number of ether oxygens (including phenoxy) is 1. The molecule has 4 heterocycles. The Morgan fingerprint density at radius 1 is 1.32 bits per heavy atom. The second kappa shape index (κ2) is 8.50. The zero-order valence-electron chi connectivity index (χ0n) is 23.7. The fraction of sp³-hybridized carbons (Fsp3) is 0.586. The number of halogens is 2.